The van der Waals surface area contributed by atoms with Crippen molar-refractivity contribution in [3.63, 3.8) is 0 Å². The maximum Gasteiger partial charge on any atom is 0.0897 e. The second-order valence-corrected chi connectivity index (χ2v) is 3.36. The van der Waals surface area contributed by atoms with Crippen LogP contribution in [0.15, 0.2) is 11.6 Å². The van der Waals surface area contributed by atoms with E-state index in [2.05, 4.69) is 4.90 Å². The highest BCUT2D eigenvalue weighted by atomic mass is 35.5. The van der Waals surface area contributed by atoms with Crippen LogP contribution in [0.2, 0.25) is 0 Å². The normalized spacial score (nSPS) is 23.9. The van der Waals surface area contributed by atoms with Crippen molar-refractivity contribution in [2.24, 2.45) is 0 Å². The SMILES string of the molecule is CCC1(O)CN(CC=CCl)C1. The van der Waals surface area contributed by atoms with E-state index in [1.807, 2.05) is 13.0 Å². The van der Waals surface area contributed by atoms with Crippen molar-refractivity contribution in [3.05, 3.63) is 11.6 Å². The molecule has 11 heavy (non-hydrogen) atoms. The zero-order chi connectivity index (χ0) is 8.32. The lowest BCUT2D eigenvalue weighted by atomic mass is 9.91. The van der Waals surface area contributed by atoms with Crippen molar-refractivity contribution in [2.75, 3.05) is 19.6 Å². The van der Waals surface area contributed by atoms with Crippen LogP contribution in [0, 0.1) is 0 Å². The van der Waals surface area contributed by atoms with Gasteiger partial charge in [0.2, 0.25) is 0 Å². The second kappa shape index (κ2) is 3.57. The first-order valence-corrected chi connectivity index (χ1v) is 4.34. The van der Waals surface area contributed by atoms with E-state index >= 15 is 0 Å². The Bertz CT molecular complexity index is 152. The fraction of sp³-hybridized carbons (Fsp3) is 0.750. The molecule has 0 amide bonds. The van der Waals surface area contributed by atoms with E-state index in [0.717, 1.165) is 26.1 Å². The van der Waals surface area contributed by atoms with Gasteiger partial charge in [-0.25, -0.2) is 0 Å². The Kier molecular flexibility index (Phi) is 2.93. The molecule has 0 spiro atoms. The van der Waals surface area contributed by atoms with Crippen LogP contribution in [0.4, 0.5) is 0 Å². The molecule has 0 bridgehead atoms. The Morgan fingerprint density at radius 2 is 2.27 bits per heavy atom. The Balaban J connectivity index is 2.18. The predicted octanol–water partition coefficient (Wildman–Crippen LogP) is 1.20. The average Bonchev–Trinajstić information content (AvgIpc) is 1.96. The molecule has 2 nitrogen and oxygen atoms in total. The average molecular weight is 176 g/mol. The Hall–Kier alpha value is -0.0500. The number of hydrogen-bond donors (Lipinski definition) is 1. The molecule has 0 aromatic heterocycles. The van der Waals surface area contributed by atoms with Crippen molar-refractivity contribution in [2.45, 2.75) is 18.9 Å². The molecule has 1 aliphatic rings. The molecule has 0 unspecified atom stereocenters. The Morgan fingerprint density at radius 3 is 2.73 bits per heavy atom. The molecule has 0 radical (unpaired) electrons. The van der Waals surface area contributed by atoms with Crippen LogP contribution in [-0.4, -0.2) is 35.2 Å². The van der Waals surface area contributed by atoms with E-state index in [4.69, 9.17) is 11.6 Å². The van der Waals surface area contributed by atoms with Gasteiger partial charge in [0.15, 0.2) is 0 Å². The highest BCUT2D eigenvalue weighted by molar-refractivity contribution is 6.25. The smallest absolute Gasteiger partial charge is 0.0897 e. The molecular formula is C8H14ClNO. The van der Waals surface area contributed by atoms with Crippen molar-refractivity contribution < 1.29 is 5.11 Å². The highest BCUT2D eigenvalue weighted by Crippen LogP contribution is 2.23. The van der Waals surface area contributed by atoms with Gasteiger partial charge in [0.25, 0.3) is 0 Å². The summed E-state index contributed by atoms with van der Waals surface area (Å²) < 4.78 is 0. The van der Waals surface area contributed by atoms with Crippen LogP contribution in [0.5, 0.6) is 0 Å². The lowest BCUT2D eigenvalue weighted by Gasteiger charge is -2.45. The first-order chi connectivity index (χ1) is 5.20. The molecule has 0 saturated carbocycles. The molecule has 0 atom stereocenters. The van der Waals surface area contributed by atoms with E-state index in [1.54, 1.807) is 0 Å². The molecule has 1 rings (SSSR count). The van der Waals surface area contributed by atoms with Crippen molar-refractivity contribution in [3.8, 4) is 0 Å². The lowest BCUT2D eigenvalue weighted by Crippen LogP contribution is -2.61. The number of likely N-dealkylation sites (tertiary alicyclic amines) is 1. The van der Waals surface area contributed by atoms with Crippen LogP contribution in [0.25, 0.3) is 0 Å². The van der Waals surface area contributed by atoms with E-state index < -0.39 is 5.60 Å². The lowest BCUT2D eigenvalue weighted by molar-refractivity contribution is -0.0943. The van der Waals surface area contributed by atoms with Gasteiger partial charge in [0, 0.05) is 25.2 Å². The molecule has 0 aliphatic carbocycles. The molecule has 1 saturated heterocycles. The Morgan fingerprint density at radius 1 is 1.64 bits per heavy atom. The Labute approximate surface area is 72.5 Å². The summed E-state index contributed by atoms with van der Waals surface area (Å²) in [6.07, 6.45) is 2.73. The van der Waals surface area contributed by atoms with Gasteiger partial charge < -0.3 is 5.11 Å². The zero-order valence-electron chi connectivity index (χ0n) is 6.76. The summed E-state index contributed by atoms with van der Waals surface area (Å²) in [5.74, 6) is 0. The first-order valence-electron chi connectivity index (χ1n) is 3.90. The van der Waals surface area contributed by atoms with E-state index in [1.165, 1.54) is 5.54 Å². The van der Waals surface area contributed by atoms with Crippen LogP contribution < -0.4 is 0 Å². The van der Waals surface area contributed by atoms with Gasteiger partial charge in [-0.1, -0.05) is 24.6 Å². The van der Waals surface area contributed by atoms with E-state index in [-0.39, 0.29) is 0 Å². The monoisotopic (exact) mass is 175 g/mol. The molecular weight excluding hydrogens is 162 g/mol. The molecule has 1 N–H and O–H groups in total. The second-order valence-electron chi connectivity index (χ2n) is 3.11. The third-order valence-corrected chi connectivity index (χ3v) is 2.32. The maximum absolute atomic E-state index is 9.59. The van der Waals surface area contributed by atoms with Gasteiger partial charge in [0.05, 0.1) is 5.60 Å². The molecule has 64 valence electrons. The number of β-amino-alcohol motifs (C(OH)–C–C–N with tert-alkyl or cyclic N) is 1. The summed E-state index contributed by atoms with van der Waals surface area (Å²) in [6, 6.07) is 0. The molecule has 1 aliphatic heterocycles. The number of rotatable bonds is 3. The number of aliphatic hydroxyl groups is 1. The van der Waals surface area contributed by atoms with Crippen LogP contribution >= 0.6 is 11.6 Å². The van der Waals surface area contributed by atoms with E-state index in [9.17, 15) is 5.11 Å². The summed E-state index contributed by atoms with van der Waals surface area (Å²) in [5.41, 5.74) is 1.10. The van der Waals surface area contributed by atoms with Gasteiger partial charge >= 0.3 is 0 Å². The minimum atomic E-state index is -0.417. The quantitative estimate of drug-likeness (QED) is 0.697. The largest absolute Gasteiger partial charge is 0.387 e. The summed E-state index contributed by atoms with van der Waals surface area (Å²) in [7, 11) is 0. The standard InChI is InChI=1S/C8H14ClNO/c1-2-8(11)6-10(7-8)5-3-4-9/h3-4,11H,2,5-7H2,1H3. The van der Waals surface area contributed by atoms with Gasteiger partial charge in [-0.2, -0.15) is 0 Å². The topological polar surface area (TPSA) is 23.5 Å². The van der Waals surface area contributed by atoms with Gasteiger partial charge in [-0.05, 0) is 6.42 Å². The first kappa shape index (κ1) is 9.04. The zero-order valence-corrected chi connectivity index (χ0v) is 7.51. The van der Waals surface area contributed by atoms with Gasteiger partial charge in [-0.15, -0.1) is 0 Å². The fourth-order valence-corrected chi connectivity index (χ4v) is 1.41. The molecule has 0 aromatic rings. The molecule has 1 fully saturated rings. The minimum Gasteiger partial charge on any atom is -0.387 e. The molecule has 0 aromatic carbocycles. The maximum atomic E-state index is 9.59. The predicted molar refractivity (Wildman–Crippen MR) is 46.7 cm³/mol. The molecule has 1 heterocycles. The number of nitrogens with zero attached hydrogens (tertiary/aromatic N) is 1. The molecule has 3 heteroatoms. The van der Waals surface area contributed by atoms with Crippen LogP contribution in [-0.2, 0) is 0 Å². The highest BCUT2D eigenvalue weighted by Gasteiger charge is 2.38. The van der Waals surface area contributed by atoms with E-state index in [0.29, 0.717) is 0 Å². The van der Waals surface area contributed by atoms with Crippen LogP contribution in [0.1, 0.15) is 13.3 Å². The summed E-state index contributed by atoms with van der Waals surface area (Å²) >= 11 is 5.36. The summed E-state index contributed by atoms with van der Waals surface area (Å²) in [4.78, 5) is 2.16. The van der Waals surface area contributed by atoms with Gasteiger partial charge in [0.1, 0.15) is 0 Å². The van der Waals surface area contributed by atoms with Crippen LogP contribution in [0.3, 0.4) is 0 Å². The van der Waals surface area contributed by atoms with Crippen molar-refractivity contribution >= 4 is 11.6 Å². The third-order valence-electron chi connectivity index (χ3n) is 2.15. The number of hydrogen-bond acceptors (Lipinski definition) is 2. The fourth-order valence-electron chi connectivity index (χ4n) is 1.33. The van der Waals surface area contributed by atoms with Crippen molar-refractivity contribution in [1.29, 1.82) is 0 Å². The van der Waals surface area contributed by atoms with Crippen molar-refractivity contribution in [1.82, 2.24) is 4.90 Å². The minimum absolute atomic E-state index is 0.417. The summed E-state index contributed by atoms with van der Waals surface area (Å²) in [6.45, 7) is 4.43. The third kappa shape index (κ3) is 2.19. The number of halogens is 1. The van der Waals surface area contributed by atoms with Gasteiger partial charge in [-0.3, -0.25) is 4.90 Å². The summed E-state index contributed by atoms with van der Waals surface area (Å²) in [5, 5.41) is 9.59.